The minimum atomic E-state index is -3.73. The van der Waals surface area contributed by atoms with E-state index in [0.29, 0.717) is 33.8 Å². The first kappa shape index (κ1) is 25.5. The second kappa shape index (κ2) is 11.7. The van der Waals surface area contributed by atoms with Gasteiger partial charge in [-0.1, -0.05) is 29.3 Å². The molecule has 2 rings (SSSR count). The van der Waals surface area contributed by atoms with Gasteiger partial charge in [0.2, 0.25) is 15.9 Å². The molecule has 0 unspecified atom stereocenters. The summed E-state index contributed by atoms with van der Waals surface area (Å²) in [5, 5.41) is 3.93. The predicted octanol–water partition coefficient (Wildman–Crippen LogP) is 3.83. The average Bonchev–Trinajstić information content (AvgIpc) is 2.72. The molecule has 31 heavy (non-hydrogen) atoms. The van der Waals surface area contributed by atoms with Gasteiger partial charge in [0.1, 0.15) is 18.0 Å². The number of halogens is 2. The normalized spacial score (nSPS) is 11.1. The van der Waals surface area contributed by atoms with Gasteiger partial charge in [-0.2, -0.15) is 11.8 Å². The Bertz CT molecular complexity index is 998. The number of ether oxygens (including phenoxy) is 2. The molecule has 0 saturated heterocycles. The number of anilines is 1. The maximum atomic E-state index is 12.4. The fraction of sp³-hybridized carbons (Fsp3) is 0.350. The Labute approximate surface area is 197 Å². The number of carbonyl (C=O) groups is 1. The zero-order valence-corrected chi connectivity index (χ0v) is 20.5. The summed E-state index contributed by atoms with van der Waals surface area (Å²) in [4.78, 5) is 12.4. The number of thioether (sulfide) groups is 1. The number of carbonyl (C=O) groups excluding carboxylic acids is 1. The number of nitrogens with one attached hydrogen (secondary N) is 1. The smallest absolute Gasteiger partial charge is 0.240 e. The van der Waals surface area contributed by atoms with E-state index < -0.39 is 15.9 Å². The van der Waals surface area contributed by atoms with E-state index in [1.165, 1.54) is 20.3 Å². The number of rotatable bonds is 11. The summed E-state index contributed by atoms with van der Waals surface area (Å²) >= 11 is 13.9. The van der Waals surface area contributed by atoms with Crippen LogP contribution in [0.5, 0.6) is 11.5 Å². The van der Waals surface area contributed by atoms with Crippen LogP contribution in [-0.2, 0) is 20.6 Å². The number of sulfonamides is 1. The van der Waals surface area contributed by atoms with Gasteiger partial charge in [-0.25, -0.2) is 8.42 Å². The number of amides is 1. The van der Waals surface area contributed by atoms with Crippen molar-refractivity contribution in [2.75, 3.05) is 43.6 Å². The van der Waals surface area contributed by atoms with Crippen LogP contribution in [0.2, 0.25) is 10.0 Å². The molecule has 0 atom stereocenters. The molecular formula is C20H24Cl2N2O5S2. The highest BCUT2D eigenvalue weighted by molar-refractivity contribution is 7.98. The molecule has 0 spiro atoms. The fourth-order valence-electron chi connectivity index (χ4n) is 2.67. The molecule has 0 aliphatic heterocycles. The molecule has 2 aromatic carbocycles. The van der Waals surface area contributed by atoms with Gasteiger partial charge >= 0.3 is 0 Å². The molecule has 2 aromatic rings. The maximum absolute atomic E-state index is 12.4. The fourth-order valence-corrected chi connectivity index (χ4v) is 5.12. The van der Waals surface area contributed by atoms with Crippen molar-refractivity contribution in [2.24, 2.45) is 0 Å². The van der Waals surface area contributed by atoms with Gasteiger partial charge in [-0.3, -0.25) is 9.10 Å². The van der Waals surface area contributed by atoms with Crippen molar-refractivity contribution in [1.82, 2.24) is 5.32 Å². The predicted molar refractivity (Wildman–Crippen MR) is 127 cm³/mol. The third kappa shape index (κ3) is 7.38. The van der Waals surface area contributed by atoms with Gasteiger partial charge in [-0.15, -0.1) is 0 Å². The van der Waals surface area contributed by atoms with E-state index >= 15 is 0 Å². The highest BCUT2D eigenvalue weighted by atomic mass is 35.5. The van der Waals surface area contributed by atoms with Crippen molar-refractivity contribution in [3.05, 3.63) is 52.0 Å². The van der Waals surface area contributed by atoms with Crippen LogP contribution < -0.4 is 19.1 Å². The van der Waals surface area contributed by atoms with Crippen molar-refractivity contribution in [2.45, 2.75) is 5.75 Å². The molecule has 0 heterocycles. The minimum Gasteiger partial charge on any atom is -0.497 e. The second-order valence-electron chi connectivity index (χ2n) is 6.41. The van der Waals surface area contributed by atoms with Crippen LogP contribution in [0.15, 0.2) is 36.4 Å². The molecule has 0 fully saturated rings. The van der Waals surface area contributed by atoms with Crippen LogP contribution in [0, 0.1) is 0 Å². The zero-order valence-electron chi connectivity index (χ0n) is 17.4. The van der Waals surface area contributed by atoms with E-state index in [1.54, 1.807) is 42.1 Å². The molecule has 170 valence electrons. The van der Waals surface area contributed by atoms with Crippen LogP contribution in [-0.4, -0.2) is 53.6 Å². The van der Waals surface area contributed by atoms with Gasteiger partial charge in [0, 0.05) is 34.2 Å². The summed E-state index contributed by atoms with van der Waals surface area (Å²) in [6, 6.07) is 10.0. The number of methoxy groups -OCH3 is 2. The van der Waals surface area contributed by atoms with Crippen molar-refractivity contribution in [3.8, 4) is 11.5 Å². The summed E-state index contributed by atoms with van der Waals surface area (Å²) in [5.41, 5.74) is 1.10. The maximum Gasteiger partial charge on any atom is 0.240 e. The summed E-state index contributed by atoms with van der Waals surface area (Å²) in [5.74, 6) is 1.57. The van der Waals surface area contributed by atoms with E-state index in [2.05, 4.69) is 5.32 Å². The van der Waals surface area contributed by atoms with Crippen LogP contribution in [0.1, 0.15) is 5.56 Å². The molecule has 1 amide bonds. The summed E-state index contributed by atoms with van der Waals surface area (Å²) in [7, 11) is -0.817. The quantitative estimate of drug-likeness (QED) is 0.466. The highest BCUT2D eigenvalue weighted by Gasteiger charge is 2.24. The minimum absolute atomic E-state index is 0.253. The van der Waals surface area contributed by atoms with Crippen molar-refractivity contribution in [1.29, 1.82) is 0 Å². The first-order chi connectivity index (χ1) is 14.7. The summed E-state index contributed by atoms with van der Waals surface area (Å²) < 4.78 is 36.0. The van der Waals surface area contributed by atoms with Crippen LogP contribution in [0.25, 0.3) is 0 Å². The average molecular weight is 507 g/mol. The van der Waals surface area contributed by atoms with Crippen molar-refractivity contribution in [3.63, 3.8) is 0 Å². The number of hydrogen-bond acceptors (Lipinski definition) is 6. The molecule has 0 radical (unpaired) electrons. The molecule has 7 nitrogen and oxygen atoms in total. The number of hydrogen-bond donors (Lipinski definition) is 1. The van der Waals surface area contributed by atoms with E-state index in [4.69, 9.17) is 32.7 Å². The van der Waals surface area contributed by atoms with Gasteiger partial charge < -0.3 is 14.8 Å². The lowest BCUT2D eigenvalue weighted by atomic mass is 10.2. The Kier molecular flexibility index (Phi) is 9.61. The van der Waals surface area contributed by atoms with Gasteiger partial charge in [0.05, 0.1) is 26.2 Å². The Morgan fingerprint density at radius 1 is 1.13 bits per heavy atom. The number of nitrogens with zero attached hydrogens (tertiary/aromatic N) is 1. The monoisotopic (exact) mass is 506 g/mol. The topological polar surface area (TPSA) is 84.9 Å². The standard InChI is InChI=1S/C20H24Cl2N2O5S2/c1-28-14-7-8-18(19(11-14)29-2)24(31(3,26)27)12-20(25)23-9-10-30-13-15-16(21)5-4-6-17(15)22/h4-8,11H,9-10,12-13H2,1-3H3,(H,23,25). The van der Waals surface area contributed by atoms with Crippen LogP contribution >= 0.6 is 35.0 Å². The lowest BCUT2D eigenvalue weighted by Crippen LogP contribution is -2.41. The highest BCUT2D eigenvalue weighted by Crippen LogP contribution is 2.33. The first-order valence-electron chi connectivity index (χ1n) is 9.14. The van der Waals surface area contributed by atoms with Crippen LogP contribution in [0.3, 0.4) is 0 Å². The molecular weight excluding hydrogens is 483 g/mol. The molecule has 0 saturated carbocycles. The summed E-state index contributed by atoms with van der Waals surface area (Å²) in [6.07, 6.45) is 1.03. The number of benzene rings is 2. The Morgan fingerprint density at radius 3 is 2.39 bits per heavy atom. The largest absolute Gasteiger partial charge is 0.497 e. The molecule has 0 aliphatic carbocycles. The molecule has 1 N–H and O–H groups in total. The SMILES string of the molecule is COc1ccc(N(CC(=O)NCCSCc2c(Cl)cccc2Cl)S(C)(=O)=O)c(OC)c1. The molecule has 0 bridgehead atoms. The molecule has 0 aromatic heterocycles. The third-order valence-corrected chi connectivity index (χ3v) is 7.04. The Hall–Kier alpha value is -1.81. The zero-order chi connectivity index (χ0) is 23.0. The van der Waals surface area contributed by atoms with Gasteiger partial charge in [0.15, 0.2) is 0 Å². The van der Waals surface area contributed by atoms with Gasteiger partial charge in [-0.05, 0) is 29.8 Å². The van der Waals surface area contributed by atoms with E-state index in [0.717, 1.165) is 16.1 Å². The summed E-state index contributed by atoms with van der Waals surface area (Å²) in [6.45, 7) is -0.00848. The van der Waals surface area contributed by atoms with E-state index in [1.807, 2.05) is 0 Å². The lowest BCUT2D eigenvalue weighted by Gasteiger charge is -2.24. The van der Waals surface area contributed by atoms with E-state index in [-0.39, 0.29) is 18.0 Å². The third-order valence-electron chi connectivity index (χ3n) is 4.22. The van der Waals surface area contributed by atoms with Crippen molar-refractivity contribution < 1.29 is 22.7 Å². The Balaban J connectivity index is 1.95. The molecule has 11 heteroatoms. The lowest BCUT2D eigenvalue weighted by molar-refractivity contribution is -0.119. The van der Waals surface area contributed by atoms with Crippen molar-refractivity contribution >= 4 is 56.6 Å². The molecule has 0 aliphatic rings. The first-order valence-corrected chi connectivity index (χ1v) is 12.9. The Morgan fingerprint density at radius 2 is 1.81 bits per heavy atom. The second-order valence-corrected chi connectivity index (χ2v) is 10.2. The van der Waals surface area contributed by atoms with E-state index in [9.17, 15) is 13.2 Å². The van der Waals surface area contributed by atoms with Crippen LogP contribution in [0.4, 0.5) is 5.69 Å². The van der Waals surface area contributed by atoms with Gasteiger partial charge in [0.25, 0.3) is 0 Å².